The van der Waals surface area contributed by atoms with Gasteiger partial charge in [-0.05, 0) is 49.1 Å². The molecule has 1 aromatic heterocycles. The monoisotopic (exact) mass is 381 g/mol. The van der Waals surface area contributed by atoms with Crippen molar-refractivity contribution in [3.8, 4) is 5.75 Å². The van der Waals surface area contributed by atoms with E-state index in [9.17, 15) is 4.79 Å². The lowest BCUT2D eigenvalue weighted by Crippen LogP contribution is -2.52. The van der Waals surface area contributed by atoms with Crippen molar-refractivity contribution in [2.45, 2.75) is 37.3 Å². The summed E-state index contributed by atoms with van der Waals surface area (Å²) in [6, 6.07) is 12.3. The highest BCUT2D eigenvalue weighted by atomic mass is 16.5. The fourth-order valence-electron chi connectivity index (χ4n) is 3.96. The molecule has 0 unspecified atom stereocenters. The Bertz CT molecular complexity index is 815. The molecular weight excluding hydrogens is 354 g/mol. The number of likely N-dealkylation sites (N-methyl/N-ethyl adjacent to an activating group) is 1. The Balaban J connectivity index is 1.32. The normalized spacial score (nSPS) is 23.8. The van der Waals surface area contributed by atoms with Crippen LogP contribution in [0, 0.1) is 0 Å². The number of anilines is 1. The zero-order valence-corrected chi connectivity index (χ0v) is 16.4. The van der Waals surface area contributed by atoms with Gasteiger partial charge >= 0.3 is 6.03 Å². The largest absolute Gasteiger partial charge is 0.497 e. The Hall–Kier alpha value is -2.83. The number of ether oxygens (including phenoxy) is 1. The van der Waals surface area contributed by atoms with Crippen LogP contribution >= 0.6 is 0 Å². The van der Waals surface area contributed by atoms with Crippen molar-refractivity contribution in [3.05, 3.63) is 48.2 Å². The molecule has 7 nitrogen and oxygen atoms in total. The number of nitrogens with one attached hydrogen (secondary N) is 1. The quantitative estimate of drug-likeness (QED) is 0.862. The fraction of sp³-hybridized carbons (Fsp3) is 0.476. The van der Waals surface area contributed by atoms with E-state index in [-0.39, 0.29) is 18.1 Å². The van der Waals surface area contributed by atoms with Crippen molar-refractivity contribution in [2.24, 2.45) is 0 Å². The molecule has 1 saturated heterocycles. The highest BCUT2D eigenvalue weighted by Gasteiger charge is 2.40. The van der Waals surface area contributed by atoms with Gasteiger partial charge in [-0.2, -0.15) is 5.10 Å². The molecule has 1 aliphatic heterocycles. The summed E-state index contributed by atoms with van der Waals surface area (Å²) in [5.74, 6) is 2.11. The Labute approximate surface area is 165 Å². The average molecular weight is 381 g/mol. The third kappa shape index (κ3) is 4.03. The van der Waals surface area contributed by atoms with Gasteiger partial charge in [-0.3, -0.25) is 0 Å². The molecule has 1 N–H and O–H groups in total. The van der Waals surface area contributed by atoms with Gasteiger partial charge < -0.3 is 19.9 Å². The highest BCUT2D eigenvalue weighted by Crippen LogP contribution is 2.41. The summed E-state index contributed by atoms with van der Waals surface area (Å²) in [6.45, 7) is 1.73. The van der Waals surface area contributed by atoms with Gasteiger partial charge in [0.05, 0.1) is 13.2 Å². The molecule has 2 heterocycles. The number of carbonyl (C=O) groups excluding carboxylic acids is 1. The topological polar surface area (TPSA) is 70.6 Å². The smallest absolute Gasteiger partial charge is 0.317 e. The van der Waals surface area contributed by atoms with Crippen LogP contribution in [0.3, 0.4) is 0 Å². The number of carbonyl (C=O) groups is 1. The average Bonchev–Trinajstić information content (AvgIpc) is 3.53. The van der Waals surface area contributed by atoms with Crippen LogP contribution in [0.5, 0.6) is 5.75 Å². The molecule has 7 heteroatoms. The molecule has 148 valence electrons. The van der Waals surface area contributed by atoms with E-state index < -0.39 is 0 Å². The fourth-order valence-corrected chi connectivity index (χ4v) is 3.96. The maximum absolute atomic E-state index is 12.8. The summed E-state index contributed by atoms with van der Waals surface area (Å²) in [6.07, 6.45) is 4.70. The van der Waals surface area contributed by atoms with Gasteiger partial charge in [0.2, 0.25) is 0 Å². The van der Waals surface area contributed by atoms with Crippen LogP contribution in [-0.2, 0) is 0 Å². The van der Waals surface area contributed by atoms with Crippen LogP contribution in [0.15, 0.2) is 42.6 Å². The molecule has 2 fully saturated rings. The Morgan fingerprint density at radius 2 is 2.21 bits per heavy atom. The highest BCUT2D eigenvalue weighted by molar-refractivity contribution is 5.75. The molecule has 0 spiro atoms. The van der Waals surface area contributed by atoms with Gasteiger partial charge in [-0.1, -0.05) is 12.1 Å². The second-order valence-electron chi connectivity index (χ2n) is 7.61. The number of amides is 2. The molecule has 4 rings (SSSR count). The molecule has 1 aliphatic carbocycles. The van der Waals surface area contributed by atoms with Crippen LogP contribution in [-0.4, -0.2) is 60.5 Å². The lowest BCUT2D eigenvalue weighted by molar-refractivity contribution is 0.182. The molecule has 0 bridgehead atoms. The van der Waals surface area contributed by atoms with Crippen molar-refractivity contribution in [2.75, 3.05) is 32.1 Å². The van der Waals surface area contributed by atoms with Gasteiger partial charge in [0, 0.05) is 38.3 Å². The number of benzene rings is 1. The molecule has 1 aromatic carbocycles. The van der Waals surface area contributed by atoms with Gasteiger partial charge in [0.25, 0.3) is 0 Å². The van der Waals surface area contributed by atoms with Crippen molar-refractivity contribution >= 4 is 11.8 Å². The first kappa shape index (κ1) is 18.5. The van der Waals surface area contributed by atoms with Crippen molar-refractivity contribution in [1.29, 1.82) is 0 Å². The van der Waals surface area contributed by atoms with Crippen molar-refractivity contribution in [1.82, 2.24) is 20.4 Å². The van der Waals surface area contributed by atoms with E-state index in [0.29, 0.717) is 5.92 Å². The minimum atomic E-state index is 0.00129. The summed E-state index contributed by atoms with van der Waals surface area (Å²) in [5.41, 5.74) is 1.22. The lowest BCUT2D eigenvalue weighted by Gasteiger charge is -2.38. The first-order chi connectivity index (χ1) is 13.7. The minimum absolute atomic E-state index is 0.00129. The molecule has 3 atom stereocenters. The third-order valence-corrected chi connectivity index (χ3v) is 5.77. The van der Waals surface area contributed by atoms with Crippen LogP contribution in [0.2, 0.25) is 0 Å². The number of nitrogens with zero attached hydrogens (tertiary/aromatic N) is 4. The zero-order valence-electron chi connectivity index (χ0n) is 16.4. The first-order valence-electron chi connectivity index (χ1n) is 9.85. The van der Waals surface area contributed by atoms with Gasteiger partial charge in [-0.25, -0.2) is 4.79 Å². The van der Waals surface area contributed by atoms with Gasteiger partial charge in [0.1, 0.15) is 5.75 Å². The number of rotatable bonds is 5. The van der Waals surface area contributed by atoms with Crippen molar-refractivity contribution < 1.29 is 9.53 Å². The number of aromatic nitrogens is 2. The summed E-state index contributed by atoms with van der Waals surface area (Å²) >= 11 is 0. The second kappa shape index (κ2) is 8.04. The minimum Gasteiger partial charge on any atom is -0.497 e. The standard InChI is InChI=1S/C21H27N5O2/c1-25(16-7-5-11-26(14-16)20-9-4-10-22-24-20)21(27)23-19-13-18(19)15-6-3-8-17(12-15)28-2/h3-4,6,8-10,12,16,18-19H,5,7,11,13-14H2,1-2H3,(H,23,27)/t16-,18+,19-/m1/s1. The van der Waals surface area contributed by atoms with Crippen LogP contribution < -0.4 is 15.0 Å². The van der Waals surface area contributed by atoms with E-state index in [0.717, 1.165) is 43.9 Å². The van der Waals surface area contributed by atoms with E-state index in [1.165, 1.54) is 5.56 Å². The number of hydrogen-bond donors (Lipinski definition) is 1. The predicted molar refractivity (Wildman–Crippen MR) is 108 cm³/mol. The molecule has 2 amide bonds. The molecule has 1 saturated carbocycles. The van der Waals surface area contributed by atoms with Crippen LogP contribution in [0.25, 0.3) is 0 Å². The summed E-state index contributed by atoms with van der Waals surface area (Å²) < 4.78 is 5.30. The Morgan fingerprint density at radius 1 is 1.32 bits per heavy atom. The van der Waals surface area contributed by atoms with E-state index in [4.69, 9.17) is 4.74 Å². The molecule has 28 heavy (non-hydrogen) atoms. The van der Waals surface area contributed by atoms with Crippen molar-refractivity contribution in [3.63, 3.8) is 0 Å². The van der Waals surface area contributed by atoms with Crippen LogP contribution in [0.4, 0.5) is 10.6 Å². The molecule has 0 radical (unpaired) electrons. The number of urea groups is 1. The molecule has 2 aromatic rings. The number of hydrogen-bond acceptors (Lipinski definition) is 5. The summed E-state index contributed by atoms with van der Waals surface area (Å²) in [4.78, 5) is 16.8. The lowest BCUT2D eigenvalue weighted by atomic mass is 10.0. The first-order valence-corrected chi connectivity index (χ1v) is 9.85. The summed E-state index contributed by atoms with van der Waals surface area (Å²) in [7, 11) is 3.57. The number of piperidine rings is 1. The maximum Gasteiger partial charge on any atom is 0.317 e. The molecule has 2 aliphatic rings. The Kier molecular flexibility index (Phi) is 5.32. The summed E-state index contributed by atoms with van der Waals surface area (Å²) in [5, 5.41) is 11.4. The van der Waals surface area contributed by atoms with E-state index in [2.05, 4.69) is 32.5 Å². The number of methoxy groups -OCH3 is 1. The molecular formula is C21H27N5O2. The Morgan fingerprint density at radius 3 is 3.00 bits per heavy atom. The second-order valence-corrected chi connectivity index (χ2v) is 7.61. The van der Waals surface area contributed by atoms with E-state index in [1.54, 1.807) is 13.3 Å². The third-order valence-electron chi connectivity index (χ3n) is 5.77. The van der Waals surface area contributed by atoms with E-state index in [1.807, 2.05) is 36.2 Å². The van der Waals surface area contributed by atoms with Gasteiger partial charge in [0.15, 0.2) is 5.82 Å². The van der Waals surface area contributed by atoms with Crippen LogP contribution in [0.1, 0.15) is 30.7 Å². The van der Waals surface area contributed by atoms with Gasteiger partial charge in [-0.15, -0.1) is 5.10 Å². The predicted octanol–water partition coefficient (Wildman–Crippen LogP) is 2.65. The zero-order chi connectivity index (χ0) is 19.5. The SMILES string of the molecule is COc1cccc([C@@H]2C[C@H]2NC(=O)N(C)[C@@H]2CCCN(c3cccnn3)C2)c1. The maximum atomic E-state index is 12.8. The van der Waals surface area contributed by atoms with E-state index >= 15 is 0 Å².